The van der Waals surface area contributed by atoms with Crippen LogP contribution in [0.4, 0.5) is 0 Å². The molecule has 0 aliphatic carbocycles. The molecule has 0 amide bonds. The molecule has 0 heterocycles. The van der Waals surface area contributed by atoms with E-state index in [1.807, 2.05) is 0 Å². The Morgan fingerprint density at radius 3 is 1.52 bits per heavy atom. The Kier molecular flexibility index (Phi) is 11.7. The van der Waals surface area contributed by atoms with Crippen LogP contribution in [-0.4, -0.2) is 33.2 Å². The molecule has 0 aromatic heterocycles. The molecule has 0 rings (SSSR count). The molecule has 0 aromatic carbocycles. The Balaban J connectivity index is 4.95. The van der Waals surface area contributed by atoms with Gasteiger partial charge in [0.05, 0.1) is 0 Å². The summed E-state index contributed by atoms with van der Waals surface area (Å²) in [5.74, 6) is 0. The number of nitrogens with one attached hydrogen (secondary N) is 1. The van der Waals surface area contributed by atoms with Crippen molar-refractivity contribution in [1.29, 1.82) is 0 Å². The van der Waals surface area contributed by atoms with Crippen molar-refractivity contribution in [2.24, 2.45) is 0 Å². The fourth-order valence-electron chi connectivity index (χ4n) is 3.01. The Morgan fingerprint density at radius 1 is 0.857 bits per heavy atom. The monoisotopic (exact) mass is 419 g/mol. The van der Waals surface area contributed by atoms with Crippen LogP contribution in [0.25, 0.3) is 0 Å². The molecule has 0 fully saturated rings. The zero-order valence-corrected chi connectivity index (χ0v) is 19.6. The van der Waals surface area contributed by atoms with Crippen LogP contribution in [0, 0.1) is 0 Å². The van der Waals surface area contributed by atoms with Gasteiger partial charge < -0.3 is 0 Å². The summed E-state index contributed by atoms with van der Waals surface area (Å²) in [6, 6.07) is 0. The third kappa shape index (κ3) is 9.45. The van der Waals surface area contributed by atoms with Crippen molar-refractivity contribution in [2.45, 2.75) is 92.2 Å². The van der Waals surface area contributed by atoms with Gasteiger partial charge in [-0.25, -0.2) is 0 Å². The van der Waals surface area contributed by atoms with Crippen molar-refractivity contribution in [2.75, 3.05) is 6.54 Å². The molecule has 0 saturated heterocycles. The second-order valence-corrected chi connectivity index (χ2v) is 26.3. The van der Waals surface area contributed by atoms with E-state index < -0.39 is 26.6 Å². The van der Waals surface area contributed by atoms with Crippen LogP contribution in [0.2, 0.25) is 33.0 Å². The van der Waals surface area contributed by atoms with Crippen LogP contribution >= 0.6 is 0 Å². The van der Waals surface area contributed by atoms with Gasteiger partial charge in [-0.05, 0) is 0 Å². The maximum absolute atomic E-state index is 4.64. The molecule has 126 valence electrons. The van der Waals surface area contributed by atoms with Gasteiger partial charge >= 0.3 is 141 Å². The Labute approximate surface area is 140 Å². The summed E-state index contributed by atoms with van der Waals surface area (Å²) < 4.78 is 6.36. The number of hydrogen-bond acceptors (Lipinski definition) is 1. The average molecular weight is 418 g/mol. The molecule has 1 nitrogen and oxygen atoms in total. The topological polar surface area (TPSA) is 12.0 Å². The zero-order chi connectivity index (χ0) is 16.4. The van der Waals surface area contributed by atoms with E-state index in [-0.39, 0.29) is 0 Å². The Morgan fingerprint density at radius 2 is 1.24 bits per heavy atom. The van der Waals surface area contributed by atoms with Crippen LogP contribution < -0.4 is 4.98 Å². The fraction of sp³-hybridized carbons (Fsp3) is 0.889. The van der Waals surface area contributed by atoms with E-state index in [4.69, 9.17) is 0 Å². The van der Waals surface area contributed by atoms with Gasteiger partial charge in [0.15, 0.2) is 0 Å². The molecule has 0 unspecified atom stereocenters. The number of hydrogen-bond donors (Lipinski definition) is 1. The number of unbranched alkanes of at least 4 members (excludes halogenated alkanes) is 3. The molecular weight excluding hydrogens is 377 g/mol. The summed E-state index contributed by atoms with van der Waals surface area (Å²) in [7, 11) is -1.17. The second kappa shape index (κ2) is 11.3. The van der Waals surface area contributed by atoms with Crippen molar-refractivity contribution in [3.05, 3.63) is 10.2 Å². The van der Waals surface area contributed by atoms with Gasteiger partial charge in [-0.3, -0.25) is 0 Å². The quantitative estimate of drug-likeness (QED) is 0.344. The van der Waals surface area contributed by atoms with Gasteiger partial charge in [0, 0.05) is 0 Å². The normalized spacial score (nSPS) is 12.7. The summed E-state index contributed by atoms with van der Waals surface area (Å²) in [4.78, 5) is 3.85. The van der Waals surface area contributed by atoms with Gasteiger partial charge in [0.2, 0.25) is 0 Å². The van der Waals surface area contributed by atoms with Crippen molar-refractivity contribution in [3.63, 3.8) is 0 Å². The van der Waals surface area contributed by atoms with Crippen LogP contribution in [-0.2, 0) is 0 Å². The van der Waals surface area contributed by atoms with Gasteiger partial charge in [0.25, 0.3) is 0 Å². The average Bonchev–Trinajstić information content (AvgIpc) is 2.43. The Bertz CT molecular complexity index is 262. The minimum atomic E-state index is -2.16. The van der Waals surface area contributed by atoms with Gasteiger partial charge in [0.1, 0.15) is 0 Å². The van der Waals surface area contributed by atoms with Crippen molar-refractivity contribution in [1.82, 2.24) is 4.98 Å². The third-order valence-corrected chi connectivity index (χ3v) is 21.9. The summed E-state index contributed by atoms with van der Waals surface area (Å²) in [5, 5.41) is 0. The van der Waals surface area contributed by atoms with Crippen LogP contribution in [0.3, 0.4) is 0 Å². The molecule has 0 aromatic rings. The van der Waals surface area contributed by atoms with E-state index in [2.05, 4.69) is 52.0 Å². The number of rotatable bonds is 13. The van der Waals surface area contributed by atoms with Crippen LogP contribution in [0.15, 0.2) is 10.2 Å². The molecule has 1 N–H and O–H groups in total. The molecule has 0 spiro atoms. The predicted molar refractivity (Wildman–Crippen MR) is 105 cm³/mol. The van der Waals surface area contributed by atoms with Crippen LogP contribution in [0.1, 0.15) is 59.3 Å². The molecule has 3 heteroatoms. The first kappa shape index (κ1) is 21.7. The zero-order valence-electron chi connectivity index (χ0n) is 15.8. The second-order valence-electron chi connectivity index (χ2n) is 7.80. The van der Waals surface area contributed by atoms with Gasteiger partial charge in [-0.15, -0.1) is 0 Å². The summed E-state index contributed by atoms with van der Waals surface area (Å²) >= 11 is -2.16. The summed E-state index contributed by atoms with van der Waals surface area (Å²) in [6.07, 6.45) is 8.38. The maximum atomic E-state index is 4.64. The first-order valence-corrected chi connectivity index (χ1v) is 20.2. The molecule has 0 aliphatic rings. The molecule has 0 bridgehead atoms. The first-order valence-electron chi connectivity index (χ1n) is 9.24. The molecule has 0 aliphatic heterocycles. The molecular formula is C18H41NSiSn. The molecule has 0 radical (unpaired) electrons. The predicted octanol–water partition coefficient (Wildman–Crippen LogP) is 6.36. The van der Waals surface area contributed by atoms with Gasteiger partial charge in [-0.1, -0.05) is 0 Å². The van der Waals surface area contributed by atoms with Crippen molar-refractivity contribution in [3.8, 4) is 0 Å². The van der Waals surface area contributed by atoms with E-state index in [0.717, 1.165) is 6.54 Å². The van der Waals surface area contributed by atoms with E-state index in [1.54, 1.807) is 16.9 Å². The van der Waals surface area contributed by atoms with Crippen molar-refractivity contribution >= 4 is 26.6 Å². The third-order valence-electron chi connectivity index (χ3n) is 4.61. The van der Waals surface area contributed by atoms with E-state index >= 15 is 0 Å². The fourth-order valence-corrected chi connectivity index (χ4v) is 19.6. The summed E-state index contributed by atoms with van der Waals surface area (Å²) in [5.41, 5.74) is 0. The van der Waals surface area contributed by atoms with E-state index in [1.165, 1.54) is 38.5 Å². The van der Waals surface area contributed by atoms with E-state index in [0.29, 0.717) is 0 Å². The van der Waals surface area contributed by atoms with Crippen LogP contribution in [0.5, 0.6) is 0 Å². The van der Waals surface area contributed by atoms with Gasteiger partial charge in [-0.2, -0.15) is 0 Å². The molecule has 21 heavy (non-hydrogen) atoms. The summed E-state index contributed by atoms with van der Waals surface area (Å²) in [6.45, 7) is 20.0. The molecule has 0 saturated carbocycles. The SMILES string of the molecule is C=[C](CN[Si](C)(C)C)[Sn]([CH2]CCC)([CH2]CCC)[CH2]CCC. The molecule has 0 atom stereocenters. The standard InChI is InChI=1S/C6H14NSi.3C4H9.Sn/c1-5-6-7-8(2,3)4;3*1-3-4-2;/h7H,1,6H2,2-4H3;3*1,3-4H2,2H3;. The Hall–Kier alpha value is 0.716. The van der Waals surface area contributed by atoms with E-state index in [9.17, 15) is 0 Å². The first-order chi connectivity index (χ1) is 9.81. The van der Waals surface area contributed by atoms with Crippen molar-refractivity contribution < 1.29 is 0 Å². The minimum absolute atomic E-state index is 1.13.